The van der Waals surface area contributed by atoms with Crippen molar-refractivity contribution in [1.82, 2.24) is 10.6 Å². The maximum Gasteiger partial charge on any atom is 0.237 e. The van der Waals surface area contributed by atoms with Crippen molar-refractivity contribution in [3.63, 3.8) is 0 Å². The van der Waals surface area contributed by atoms with Gasteiger partial charge in [-0.3, -0.25) is 4.79 Å². The number of benzene rings is 1. The third-order valence-corrected chi connectivity index (χ3v) is 2.88. The molecule has 0 aromatic heterocycles. The zero-order valence-electron chi connectivity index (χ0n) is 11.5. The second-order valence-corrected chi connectivity index (χ2v) is 4.24. The van der Waals surface area contributed by atoms with E-state index in [-0.39, 0.29) is 18.0 Å². The lowest BCUT2D eigenvalue weighted by atomic mass is 10.1. The predicted molar refractivity (Wildman–Crippen MR) is 72.7 cm³/mol. The van der Waals surface area contributed by atoms with Gasteiger partial charge in [0.25, 0.3) is 0 Å². The summed E-state index contributed by atoms with van der Waals surface area (Å²) in [5.74, 6) is 0.849. The molecule has 18 heavy (non-hydrogen) atoms. The van der Waals surface area contributed by atoms with Crippen molar-refractivity contribution >= 4 is 5.91 Å². The highest BCUT2D eigenvalue weighted by atomic mass is 16.5. The van der Waals surface area contributed by atoms with E-state index in [1.807, 2.05) is 45.0 Å². The van der Waals surface area contributed by atoms with E-state index in [2.05, 4.69) is 10.6 Å². The molecular formula is C14H22N2O2. The molecule has 2 atom stereocenters. The lowest BCUT2D eigenvalue weighted by Gasteiger charge is -2.17. The molecule has 1 aromatic rings. The van der Waals surface area contributed by atoms with Gasteiger partial charge in [-0.25, -0.2) is 0 Å². The maximum atomic E-state index is 11.7. The first kappa shape index (κ1) is 14.5. The Hall–Kier alpha value is -1.55. The van der Waals surface area contributed by atoms with Crippen molar-refractivity contribution in [2.75, 3.05) is 13.7 Å². The van der Waals surface area contributed by atoms with Crippen molar-refractivity contribution in [2.24, 2.45) is 0 Å². The quantitative estimate of drug-likeness (QED) is 0.810. The highest BCUT2D eigenvalue weighted by Crippen LogP contribution is 2.17. The summed E-state index contributed by atoms with van der Waals surface area (Å²) < 4.78 is 5.38. The first-order valence-electron chi connectivity index (χ1n) is 6.28. The molecule has 0 bridgehead atoms. The summed E-state index contributed by atoms with van der Waals surface area (Å²) in [5.41, 5.74) is 1.06. The van der Waals surface area contributed by atoms with Gasteiger partial charge in [-0.2, -0.15) is 0 Å². The average molecular weight is 250 g/mol. The Morgan fingerprint density at radius 1 is 1.28 bits per heavy atom. The van der Waals surface area contributed by atoms with E-state index in [1.54, 1.807) is 7.05 Å². The highest BCUT2D eigenvalue weighted by Gasteiger charge is 2.14. The van der Waals surface area contributed by atoms with Crippen molar-refractivity contribution in [3.8, 4) is 5.75 Å². The van der Waals surface area contributed by atoms with Crippen LogP contribution in [0.25, 0.3) is 0 Å². The van der Waals surface area contributed by atoms with Crippen molar-refractivity contribution < 1.29 is 9.53 Å². The van der Waals surface area contributed by atoms with E-state index in [1.165, 1.54) is 0 Å². The molecular weight excluding hydrogens is 228 g/mol. The molecule has 0 saturated carbocycles. The molecule has 100 valence electrons. The minimum atomic E-state index is -0.185. The standard InChI is InChI=1S/C14H22N2O2/c1-5-18-13-8-6-12(7-9-13)10(2)16-14(17)11(3)15-4/h6-11,15H,5H2,1-4H3,(H,16,17). The van der Waals surface area contributed by atoms with E-state index >= 15 is 0 Å². The van der Waals surface area contributed by atoms with Gasteiger partial charge in [0.05, 0.1) is 18.7 Å². The summed E-state index contributed by atoms with van der Waals surface area (Å²) in [5, 5.41) is 5.87. The van der Waals surface area contributed by atoms with Gasteiger partial charge in [0.2, 0.25) is 5.91 Å². The topological polar surface area (TPSA) is 50.4 Å². The maximum absolute atomic E-state index is 11.7. The van der Waals surface area contributed by atoms with E-state index in [0.29, 0.717) is 6.61 Å². The predicted octanol–water partition coefficient (Wildman–Crippen LogP) is 1.87. The molecule has 0 fully saturated rings. The van der Waals surface area contributed by atoms with Crippen LogP contribution in [0, 0.1) is 0 Å². The number of carbonyl (C=O) groups excluding carboxylic acids is 1. The summed E-state index contributed by atoms with van der Waals surface area (Å²) in [6.45, 7) is 6.41. The van der Waals surface area contributed by atoms with Crippen LogP contribution in [0.15, 0.2) is 24.3 Å². The molecule has 0 radical (unpaired) electrons. The smallest absolute Gasteiger partial charge is 0.237 e. The van der Waals surface area contributed by atoms with Crippen LogP contribution in [0.3, 0.4) is 0 Å². The second kappa shape index (κ2) is 7.01. The molecule has 0 saturated heterocycles. The Balaban J connectivity index is 2.61. The number of carbonyl (C=O) groups is 1. The van der Waals surface area contributed by atoms with Crippen molar-refractivity contribution in [1.29, 1.82) is 0 Å². The normalized spacial score (nSPS) is 13.8. The summed E-state index contributed by atoms with van der Waals surface area (Å²) in [7, 11) is 1.77. The highest BCUT2D eigenvalue weighted by molar-refractivity contribution is 5.81. The number of amides is 1. The van der Waals surface area contributed by atoms with Crippen molar-refractivity contribution in [2.45, 2.75) is 32.9 Å². The summed E-state index contributed by atoms with van der Waals surface area (Å²) >= 11 is 0. The Morgan fingerprint density at radius 2 is 1.89 bits per heavy atom. The summed E-state index contributed by atoms with van der Waals surface area (Å²) in [6.07, 6.45) is 0. The van der Waals surface area contributed by atoms with Gasteiger partial charge in [0, 0.05) is 0 Å². The monoisotopic (exact) mass is 250 g/mol. The summed E-state index contributed by atoms with van der Waals surface area (Å²) in [4.78, 5) is 11.7. The van der Waals surface area contributed by atoms with Gasteiger partial charge in [0.1, 0.15) is 5.75 Å². The third kappa shape index (κ3) is 4.04. The lowest BCUT2D eigenvalue weighted by Crippen LogP contribution is -2.41. The molecule has 4 nitrogen and oxygen atoms in total. The minimum absolute atomic E-state index is 0.00103. The molecule has 1 aromatic carbocycles. The minimum Gasteiger partial charge on any atom is -0.494 e. The van der Waals surface area contributed by atoms with Gasteiger partial charge in [0.15, 0.2) is 0 Å². The van der Waals surface area contributed by atoms with Gasteiger partial charge in [-0.05, 0) is 45.5 Å². The van der Waals surface area contributed by atoms with Crippen LogP contribution in [0.1, 0.15) is 32.4 Å². The number of nitrogens with one attached hydrogen (secondary N) is 2. The first-order chi connectivity index (χ1) is 8.58. The zero-order valence-corrected chi connectivity index (χ0v) is 11.5. The van der Waals surface area contributed by atoms with Gasteiger partial charge in [-0.15, -0.1) is 0 Å². The van der Waals surface area contributed by atoms with Crippen LogP contribution >= 0.6 is 0 Å². The van der Waals surface area contributed by atoms with Crippen LogP contribution in [0.5, 0.6) is 5.75 Å². The van der Waals surface area contributed by atoms with E-state index < -0.39 is 0 Å². The third-order valence-electron chi connectivity index (χ3n) is 2.88. The molecule has 4 heteroatoms. The molecule has 1 rings (SSSR count). The Bertz CT molecular complexity index is 376. The number of rotatable bonds is 6. The van der Waals surface area contributed by atoms with Crippen LogP contribution < -0.4 is 15.4 Å². The van der Waals surface area contributed by atoms with E-state index in [4.69, 9.17) is 4.74 Å². The lowest BCUT2D eigenvalue weighted by molar-refractivity contribution is -0.123. The molecule has 0 aliphatic carbocycles. The van der Waals surface area contributed by atoms with Crippen LogP contribution in [0.4, 0.5) is 0 Å². The number of likely N-dealkylation sites (N-methyl/N-ethyl adjacent to an activating group) is 1. The molecule has 0 aliphatic rings. The average Bonchev–Trinajstić information content (AvgIpc) is 2.38. The SMILES string of the molecule is CCOc1ccc(C(C)NC(=O)C(C)NC)cc1. The molecule has 0 aliphatic heterocycles. The Labute approximate surface area is 109 Å². The van der Waals surface area contributed by atoms with Crippen LogP contribution in [0.2, 0.25) is 0 Å². The number of hydrogen-bond acceptors (Lipinski definition) is 3. The molecule has 0 spiro atoms. The molecule has 1 amide bonds. The Morgan fingerprint density at radius 3 is 2.39 bits per heavy atom. The van der Waals surface area contributed by atoms with Gasteiger partial charge < -0.3 is 15.4 Å². The fourth-order valence-corrected chi connectivity index (χ4v) is 1.57. The van der Waals surface area contributed by atoms with Gasteiger partial charge >= 0.3 is 0 Å². The van der Waals surface area contributed by atoms with Crippen LogP contribution in [-0.4, -0.2) is 25.6 Å². The Kier molecular flexibility index (Phi) is 5.65. The second-order valence-electron chi connectivity index (χ2n) is 4.24. The van der Waals surface area contributed by atoms with Crippen LogP contribution in [-0.2, 0) is 4.79 Å². The van der Waals surface area contributed by atoms with E-state index in [9.17, 15) is 4.79 Å². The fraction of sp³-hybridized carbons (Fsp3) is 0.500. The largest absolute Gasteiger partial charge is 0.494 e. The van der Waals surface area contributed by atoms with Crippen molar-refractivity contribution in [3.05, 3.63) is 29.8 Å². The number of hydrogen-bond donors (Lipinski definition) is 2. The summed E-state index contributed by atoms with van der Waals surface area (Å²) in [6, 6.07) is 7.59. The van der Waals surface area contributed by atoms with Gasteiger partial charge in [-0.1, -0.05) is 12.1 Å². The molecule has 0 heterocycles. The molecule has 2 N–H and O–H groups in total. The first-order valence-corrected chi connectivity index (χ1v) is 6.28. The zero-order chi connectivity index (χ0) is 13.5. The fourth-order valence-electron chi connectivity index (χ4n) is 1.57. The van der Waals surface area contributed by atoms with E-state index in [0.717, 1.165) is 11.3 Å². The number of ether oxygens (including phenoxy) is 1. The molecule has 2 unspecified atom stereocenters.